The Kier molecular flexibility index (Phi) is 9.51. The molecule has 2 heterocycles. The molecule has 11 nitrogen and oxygen atoms in total. The Bertz CT molecular complexity index is 931. The van der Waals surface area contributed by atoms with Crippen molar-refractivity contribution in [2.45, 2.75) is 51.2 Å². The van der Waals surface area contributed by atoms with E-state index >= 15 is 0 Å². The summed E-state index contributed by atoms with van der Waals surface area (Å²) in [6, 6.07) is 4.88. The monoisotopic (exact) mass is 502 g/mol. The lowest BCUT2D eigenvalue weighted by molar-refractivity contribution is -0.147. The molecule has 5 N–H and O–H groups in total. The fraction of sp³-hybridized carbons (Fsp3) is 0.600. The zero-order valence-electron chi connectivity index (χ0n) is 21.3. The normalized spacial score (nSPS) is 19.5. The van der Waals surface area contributed by atoms with Gasteiger partial charge in [0.25, 0.3) is 0 Å². The summed E-state index contributed by atoms with van der Waals surface area (Å²) < 4.78 is 5.16. The van der Waals surface area contributed by atoms with E-state index in [0.717, 1.165) is 18.7 Å². The summed E-state index contributed by atoms with van der Waals surface area (Å²) in [7, 11) is 1.56. The van der Waals surface area contributed by atoms with E-state index in [0.29, 0.717) is 25.1 Å². The molecule has 2 saturated heterocycles. The quantitative estimate of drug-likeness (QED) is 0.389. The number of urea groups is 1. The topological polar surface area (TPSA) is 146 Å². The van der Waals surface area contributed by atoms with Crippen LogP contribution in [-0.4, -0.2) is 91.5 Å². The molecule has 2 aliphatic rings. The lowest BCUT2D eigenvalue weighted by Crippen LogP contribution is -2.65. The van der Waals surface area contributed by atoms with E-state index in [1.165, 1.54) is 0 Å². The summed E-state index contributed by atoms with van der Waals surface area (Å²) in [5.74, 6) is -0.778. The highest BCUT2D eigenvalue weighted by atomic mass is 16.5. The summed E-state index contributed by atoms with van der Waals surface area (Å²) in [5, 5.41) is 8.83. The summed E-state index contributed by atoms with van der Waals surface area (Å²) in [4.78, 5) is 54.9. The first-order valence-corrected chi connectivity index (χ1v) is 12.5. The number of piperazine rings is 1. The molecule has 0 saturated carbocycles. The van der Waals surface area contributed by atoms with E-state index < -0.39 is 23.9 Å². The number of amides is 5. The first kappa shape index (κ1) is 27.3. The van der Waals surface area contributed by atoms with Crippen molar-refractivity contribution >= 4 is 23.8 Å². The van der Waals surface area contributed by atoms with Crippen LogP contribution in [0.5, 0.6) is 5.75 Å². The van der Waals surface area contributed by atoms with Crippen LogP contribution in [0.2, 0.25) is 0 Å². The molecular weight excluding hydrogens is 464 g/mol. The molecule has 36 heavy (non-hydrogen) atoms. The second-order valence-electron chi connectivity index (χ2n) is 9.64. The van der Waals surface area contributed by atoms with E-state index in [-0.39, 0.29) is 43.4 Å². The molecular formula is C25H38N6O5. The van der Waals surface area contributed by atoms with Gasteiger partial charge in [0.15, 0.2) is 0 Å². The molecule has 0 aromatic heterocycles. The van der Waals surface area contributed by atoms with Crippen LogP contribution in [0, 0.1) is 5.92 Å². The molecule has 198 valence electrons. The molecule has 11 heteroatoms. The van der Waals surface area contributed by atoms with Crippen molar-refractivity contribution in [2.75, 3.05) is 39.8 Å². The zero-order chi connectivity index (χ0) is 26.2. The van der Waals surface area contributed by atoms with Gasteiger partial charge in [-0.1, -0.05) is 12.1 Å². The smallest absolute Gasteiger partial charge is 0.317 e. The third-order valence-corrected chi connectivity index (χ3v) is 6.61. The van der Waals surface area contributed by atoms with E-state index in [1.54, 1.807) is 41.2 Å². The van der Waals surface area contributed by atoms with Gasteiger partial charge in [-0.3, -0.25) is 14.4 Å². The predicted molar refractivity (Wildman–Crippen MR) is 134 cm³/mol. The van der Waals surface area contributed by atoms with Crippen LogP contribution >= 0.6 is 0 Å². The molecule has 0 spiro atoms. The number of carbonyl (C=O) groups excluding carboxylic acids is 4. The molecule has 1 aromatic carbocycles. The van der Waals surface area contributed by atoms with Gasteiger partial charge in [0, 0.05) is 31.5 Å². The van der Waals surface area contributed by atoms with Gasteiger partial charge in [0.1, 0.15) is 17.8 Å². The highest BCUT2D eigenvalue weighted by Crippen LogP contribution is 2.20. The number of carbonyl (C=O) groups is 4. The van der Waals surface area contributed by atoms with Crippen LogP contribution in [0.4, 0.5) is 4.79 Å². The molecule has 3 rings (SSSR count). The number of piperidine rings is 1. The minimum absolute atomic E-state index is 0.0368. The minimum atomic E-state index is -0.971. The van der Waals surface area contributed by atoms with Crippen molar-refractivity contribution in [3.05, 3.63) is 29.8 Å². The minimum Gasteiger partial charge on any atom is -0.497 e. The highest BCUT2D eigenvalue weighted by Gasteiger charge is 2.40. The third kappa shape index (κ3) is 7.09. The second-order valence-corrected chi connectivity index (χ2v) is 9.64. The van der Waals surface area contributed by atoms with Crippen LogP contribution in [0.1, 0.15) is 32.3 Å². The van der Waals surface area contributed by atoms with Crippen molar-refractivity contribution in [2.24, 2.45) is 11.7 Å². The maximum absolute atomic E-state index is 13.5. The Morgan fingerprint density at radius 2 is 1.75 bits per heavy atom. The molecule has 2 unspecified atom stereocenters. The van der Waals surface area contributed by atoms with Gasteiger partial charge in [0.05, 0.1) is 13.7 Å². The SMILES string of the molecule is COc1ccc(CC(NC(=O)C2CN(C(=O)NC(C)C)CCN2C(=O)C2CCNCC2)C(N)=O)cc1. The van der Waals surface area contributed by atoms with E-state index in [2.05, 4.69) is 16.0 Å². The van der Waals surface area contributed by atoms with E-state index in [1.807, 2.05) is 13.8 Å². The third-order valence-electron chi connectivity index (χ3n) is 6.61. The Morgan fingerprint density at radius 1 is 1.08 bits per heavy atom. The fourth-order valence-electron chi connectivity index (χ4n) is 4.59. The number of hydrogen-bond donors (Lipinski definition) is 4. The Labute approximate surface area is 212 Å². The van der Waals surface area contributed by atoms with Gasteiger partial charge in [-0.2, -0.15) is 0 Å². The zero-order valence-corrected chi connectivity index (χ0v) is 21.3. The van der Waals surface area contributed by atoms with Gasteiger partial charge >= 0.3 is 6.03 Å². The summed E-state index contributed by atoms with van der Waals surface area (Å²) in [5.41, 5.74) is 6.42. The van der Waals surface area contributed by atoms with Crippen LogP contribution < -0.4 is 26.4 Å². The number of methoxy groups -OCH3 is 1. The van der Waals surface area contributed by atoms with Crippen molar-refractivity contribution in [3.63, 3.8) is 0 Å². The largest absolute Gasteiger partial charge is 0.497 e. The average molecular weight is 503 g/mol. The van der Waals surface area contributed by atoms with Crippen LogP contribution in [0.25, 0.3) is 0 Å². The summed E-state index contributed by atoms with van der Waals surface area (Å²) in [6.07, 6.45) is 1.59. The van der Waals surface area contributed by atoms with Crippen molar-refractivity contribution in [3.8, 4) is 5.75 Å². The van der Waals surface area contributed by atoms with Crippen LogP contribution in [0.15, 0.2) is 24.3 Å². The first-order valence-electron chi connectivity index (χ1n) is 12.5. The van der Waals surface area contributed by atoms with Crippen molar-refractivity contribution < 1.29 is 23.9 Å². The standard InChI is InChI=1S/C25H38N6O5/c1-16(2)28-25(35)30-12-13-31(24(34)18-8-10-27-11-9-18)21(15-30)23(33)29-20(22(26)32)14-17-4-6-19(36-3)7-5-17/h4-7,16,18,20-21,27H,8-15H2,1-3H3,(H2,26,32)(H,28,35)(H,29,33). The number of primary amides is 1. The number of nitrogens with zero attached hydrogens (tertiary/aromatic N) is 2. The Balaban J connectivity index is 1.77. The van der Waals surface area contributed by atoms with Gasteiger partial charge < -0.3 is 36.2 Å². The first-order chi connectivity index (χ1) is 17.2. The van der Waals surface area contributed by atoms with Gasteiger partial charge in [-0.05, 0) is 57.5 Å². The van der Waals surface area contributed by atoms with Gasteiger partial charge in [-0.15, -0.1) is 0 Å². The fourth-order valence-corrected chi connectivity index (χ4v) is 4.59. The van der Waals surface area contributed by atoms with Crippen molar-refractivity contribution in [1.29, 1.82) is 0 Å². The molecule has 0 bridgehead atoms. The molecule has 0 aliphatic carbocycles. The van der Waals surface area contributed by atoms with Crippen molar-refractivity contribution in [1.82, 2.24) is 25.8 Å². The molecule has 2 atom stereocenters. The molecule has 2 aliphatic heterocycles. The summed E-state index contributed by atoms with van der Waals surface area (Å²) >= 11 is 0. The number of nitrogens with one attached hydrogen (secondary N) is 3. The maximum Gasteiger partial charge on any atom is 0.317 e. The maximum atomic E-state index is 13.5. The van der Waals surface area contributed by atoms with Crippen LogP contribution in [0.3, 0.4) is 0 Å². The summed E-state index contributed by atoms with van der Waals surface area (Å²) in [6.45, 7) is 5.81. The lowest BCUT2D eigenvalue weighted by Gasteiger charge is -2.42. The van der Waals surface area contributed by atoms with E-state index in [9.17, 15) is 19.2 Å². The van der Waals surface area contributed by atoms with Gasteiger partial charge in [0.2, 0.25) is 17.7 Å². The number of rotatable bonds is 8. The molecule has 2 fully saturated rings. The number of nitrogens with two attached hydrogens (primary N) is 1. The average Bonchev–Trinajstić information content (AvgIpc) is 2.88. The Morgan fingerprint density at radius 3 is 2.33 bits per heavy atom. The number of ether oxygens (including phenoxy) is 1. The number of benzene rings is 1. The lowest BCUT2D eigenvalue weighted by atomic mass is 9.95. The molecule has 1 aromatic rings. The molecule has 0 radical (unpaired) electrons. The highest BCUT2D eigenvalue weighted by molar-refractivity contribution is 5.93. The predicted octanol–water partition coefficient (Wildman–Crippen LogP) is -0.162. The van der Waals surface area contributed by atoms with E-state index in [4.69, 9.17) is 10.5 Å². The molecule has 5 amide bonds. The number of hydrogen-bond acceptors (Lipinski definition) is 6. The Hall–Kier alpha value is -3.34. The van der Waals surface area contributed by atoms with Crippen LogP contribution in [-0.2, 0) is 20.8 Å². The van der Waals surface area contributed by atoms with Gasteiger partial charge in [-0.25, -0.2) is 4.79 Å². The second kappa shape index (κ2) is 12.6.